The van der Waals surface area contributed by atoms with Crippen molar-refractivity contribution in [1.29, 1.82) is 5.26 Å². The van der Waals surface area contributed by atoms with Crippen LogP contribution in [-0.2, 0) is 58.1 Å². The number of carbonyl (C=O) groups excluding carboxylic acids is 2. The van der Waals surface area contributed by atoms with Gasteiger partial charge in [0.05, 0.1) is 122 Å². The van der Waals surface area contributed by atoms with Crippen molar-refractivity contribution in [2.45, 2.75) is 249 Å². The highest BCUT2D eigenvalue weighted by molar-refractivity contribution is 15.0. The Labute approximate surface area is 835 Å². The lowest BCUT2D eigenvalue weighted by Gasteiger charge is -2.37. The SMILES string of the molecule is C.CC.CC.CC.CC.CC(C)N(C(C)C)P(OCCC#N)OC[C@H]1O[C@@H](C)[C@H](C)[C@@H]1O.COc1ccc(C(OC[C@H]2O[C@@H](C)[C@H](C)[C@@H]2O)(c2ccccc2)c2ccc(OC)cc2)cc1.COc1ccc(C(OC[C@H]2O[C@@H](C)[C@H](C)[C@@H]2OC(=O)c2ccccc2)(c2ccccc2)c2ccc(OC)cc2)cc1.C[C@@H]1[C@H](OC(=O)c2ccccc2)[C@@H](CO)O[C@H]1C.I.II.[B].[B].[B].[B]. The second kappa shape index (κ2) is 68.7. The fraction of sp³-hybridized carbons (Fsp3) is 0.500. The lowest BCUT2D eigenvalue weighted by molar-refractivity contribution is -0.0836. The summed E-state index contributed by atoms with van der Waals surface area (Å²) in [6.45, 7) is 41.2. The largest absolute Gasteiger partial charge is 0.497 e. The van der Waals surface area contributed by atoms with Gasteiger partial charge in [0.1, 0.15) is 70.8 Å². The number of ether oxygens (including phenoxy) is 12. The lowest BCUT2D eigenvalue weighted by atomic mass is 9.80. The molecule has 8 aromatic rings. The van der Waals surface area contributed by atoms with E-state index in [9.17, 15) is 24.9 Å². The molecule has 0 aliphatic carbocycles. The van der Waals surface area contributed by atoms with Gasteiger partial charge in [-0.1, -0.05) is 236 Å². The Morgan fingerprint density at radius 1 is 0.412 bits per heavy atom. The molecule has 716 valence electrons. The van der Waals surface area contributed by atoms with Gasteiger partial charge in [0.2, 0.25) is 0 Å². The first kappa shape index (κ1) is 129. The van der Waals surface area contributed by atoms with Gasteiger partial charge in [-0.25, -0.2) is 14.3 Å². The van der Waals surface area contributed by atoms with Crippen molar-refractivity contribution in [2.75, 3.05) is 61.5 Å². The van der Waals surface area contributed by atoms with Gasteiger partial charge < -0.3 is 81.2 Å². The van der Waals surface area contributed by atoms with Gasteiger partial charge >= 0.3 is 11.9 Å². The third kappa shape index (κ3) is 36.0. The minimum atomic E-state index is -1.29. The van der Waals surface area contributed by atoms with Crippen LogP contribution in [-0.4, -0.2) is 212 Å². The standard InChI is InChI=1S/C35H36O6.C28H32O5.C16H31N2O4P.C14H18O4.4C2H6.CH4.4B.I2.HI/c1-24-25(2)40-32(33(24)41-34(36)26-11-7-5-8-12-26)23-39-35(27-13-9-6-10-14-27,28-15-19-30(37-3)20-16-28)29-17-21-31(38-4)22-18-29;1-19-20(2)33-26(27(19)29)18-32-28(21-8-6-5-7-9-21,22-10-14-24(30-3)15-11-22)23-12-16-25(31-4)17-13-23;1-11(2)18(12(3)4)23(20-9-7-8-17)21-10-15-16(19)13(5)14(6)22-15;1-9-10(2)17-12(8-15)13(9)18-14(16)11-6-4-3-5-7-11;4*1-2;;;;;;1-2;/h5-22,24-25,32-33H,23H2,1-4H3;5-17,19-20,26-27,29H,18H2,1-4H3;11-16,19H,7,9-10H2,1-6H3;3-7,9-10,12-13,15H,8H2,1-2H3;4*1-2H3;1H4;;;;;;1H/t24-,25-,32+,33-;19-,20-,26+,27-;13-,14-,15+,16-,23?;9-,10-,12+,13-;;;;;;;;;;;/m0000.........../s1. The average Bonchev–Trinajstić information content (AvgIpc) is 0.939. The van der Waals surface area contributed by atoms with Gasteiger partial charge in [-0.2, -0.15) is 5.26 Å². The molecule has 29 heteroatoms. The highest BCUT2D eigenvalue weighted by atomic mass is 128. The zero-order valence-electron chi connectivity index (χ0n) is 80.6. The Kier molecular flexibility index (Phi) is 67.6. The van der Waals surface area contributed by atoms with Crippen LogP contribution in [0.4, 0.5) is 0 Å². The Balaban J connectivity index is -0.00000165. The number of aliphatic hydroxyl groups excluding tert-OH is 3. The molecule has 0 aromatic heterocycles. The number of hydrogen-bond acceptors (Lipinski definition) is 21. The van der Waals surface area contributed by atoms with E-state index in [0.717, 1.165) is 56.4 Å². The molecule has 21 nitrogen and oxygen atoms in total. The Bertz CT molecular complexity index is 4170. The molecule has 0 spiro atoms. The van der Waals surface area contributed by atoms with Gasteiger partial charge in [0, 0.05) is 107 Å². The molecule has 4 aliphatic heterocycles. The zero-order valence-corrected chi connectivity index (χ0v) is 88.1. The number of rotatable bonds is 30. The fourth-order valence-electron chi connectivity index (χ4n) is 14.8. The minimum Gasteiger partial charge on any atom is -0.497 e. The third-order valence-electron chi connectivity index (χ3n) is 22.1. The van der Waals surface area contributed by atoms with E-state index in [-0.39, 0.29) is 163 Å². The molecule has 4 aliphatic rings. The van der Waals surface area contributed by atoms with E-state index in [2.05, 4.69) is 99.9 Å². The quantitative estimate of drug-likeness (QED) is 0.00945. The molecule has 12 rings (SSSR count). The van der Waals surface area contributed by atoms with Crippen molar-refractivity contribution in [1.82, 2.24) is 4.67 Å². The summed E-state index contributed by atoms with van der Waals surface area (Å²) in [6, 6.07) is 72.3. The number of nitriles is 1. The first-order chi connectivity index (χ1) is 60.4. The second-order valence-electron chi connectivity index (χ2n) is 30.1. The van der Waals surface area contributed by atoms with Gasteiger partial charge in [-0.15, -0.1) is 24.0 Å². The lowest BCUT2D eigenvalue weighted by Crippen LogP contribution is -2.40. The van der Waals surface area contributed by atoms with Crippen molar-refractivity contribution < 1.29 is 90.8 Å². The molecule has 4 heterocycles. The highest BCUT2D eigenvalue weighted by Crippen LogP contribution is 2.49. The van der Waals surface area contributed by atoms with Gasteiger partial charge in [-0.3, -0.25) is 0 Å². The molecule has 12 radical (unpaired) electrons. The molecule has 17 atom stereocenters. The summed E-state index contributed by atoms with van der Waals surface area (Å²) in [6.07, 6.45) is -3.39. The first-order valence-corrected chi connectivity index (χ1v) is 51.2. The van der Waals surface area contributed by atoms with Crippen molar-refractivity contribution >= 4 is 115 Å². The van der Waals surface area contributed by atoms with Crippen molar-refractivity contribution in [3.63, 3.8) is 0 Å². The molecular weight excluding hydrogens is 2010 g/mol. The third-order valence-corrected chi connectivity index (χ3v) is 24.2. The van der Waals surface area contributed by atoms with Crippen LogP contribution < -0.4 is 18.9 Å². The van der Waals surface area contributed by atoms with Crippen molar-refractivity contribution in [3.05, 3.63) is 263 Å². The molecular formula is C102H146B4I3N2O19P. The Hall–Kier alpha value is -6.21. The van der Waals surface area contributed by atoms with E-state index in [1.165, 1.54) is 0 Å². The molecule has 4 saturated heterocycles. The van der Waals surface area contributed by atoms with Crippen LogP contribution in [0.3, 0.4) is 0 Å². The fourth-order valence-corrected chi connectivity index (χ4v) is 16.4. The van der Waals surface area contributed by atoms with Crippen LogP contribution in [0.1, 0.15) is 206 Å². The van der Waals surface area contributed by atoms with E-state index >= 15 is 0 Å². The van der Waals surface area contributed by atoms with E-state index < -0.39 is 62.5 Å². The van der Waals surface area contributed by atoms with E-state index in [1.54, 1.807) is 64.8 Å². The monoisotopic (exact) mass is 2160 g/mol. The summed E-state index contributed by atoms with van der Waals surface area (Å²) in [5.41, 5.74) is 4.79. The Morgan fingerprint density at radius 3 is 0.947 bits per heavy atom. The number of halogens is 3. The van der Waals surface area contributed by atoms with Crippen molar-refractivity contribution in [2.24, 2.45) is 23.7 Å². The molecule has 1 unspecified atom stereocenters. The molecule has 0 bridgehead atoms. The summed E-state index contributed by atoms with van der Waals surface area (Å²) in [4.78, 5) is 25.0. The molecule has 8 aromatic carbocycles. The zero-order chi connectivity index (χ0) is 92.9. The summed E-state index contributed by atoms with van der Waals surface area (Å²) >= 11 is 4.24. The van der Waals surface area contributed by atoms with E-state index in [1.807, 2.05) is 269 Å². The normalized spacial score (nSPS) is 21.8. The number of benzene rings is 8. The van der Waals surface area contributed by atoms with Gasteiger partial charge in [0.25, 0.3) is 8.53 Å². The number of nitrogens with zero attached hydrogens (tertiary/aromatic N) is 2. The van der Waals surface area contributed by atoms with Crippen LogP contribution in [0, 0.1) is 35.0 Å². The number of carbonyl (C=O) groups is 2. The second-order valence-corrected chi connectivity index (χ2v) is 31.5. The summed E-state index contributed by atoms with van der Waals surface area (Å²) in [7, 11) is 5.32. The number of hydrogen-bond donors (Lipinski definition) is 3. The van der Waals surface area contributed by atoms with E-state index in [4.69, 9.17) is 71.2 Å². The topological polar surface area (TPSA) is 251 Å². The molecule has 131 heavy (non-hydrogen) atoms. The van der Waals surface area contributed by atoms with Crippen LogP contribution in [0.2, 0.25) is 0 Å². The van der Waals surface area contributed by atoms with Crippen LogP contribution >= 0.6 is 69.7 Å². The van der Waals surface area contributed by atoms with Gasteiger partial charge in [0.15, 0.2) is 0 Å². The maximum absolute atomic E-state index is 13.0. The van der Waals surface area contributed by atoms with Crippen LogP contribution in [0.15, 0.2) is 218 Å². The number of esters is 2. The van der Waals surface area contributed by atoms with Crippen molar-refractivity contribution in [3.8, 4) is 29.1 Å². The summed E-state index contributed by atoms with van der Waals surface area (Å²) in [5.74, 6) is 2.51. The Morgan fingerprint density at radius 2 is 0.672 bits per heavy atom. The predicted octanol–water partition coefficient (Wildman–Crippen LogP) is 21.8. The van der Waals surface area contributed by atoms with E-state index in [0.29, 0.717) is 30.8 Å². The first-order valence-electron chi connectivity index (χ1n) is 43.8. The molecule has 3 N–H and O–H groups in total. The summed E-state index contributed by atoms with van der Waals surface area (Å²) < 4.78 is 84.8. The molecule has 0 saturated carbocycles. The smallest absolute Gasteiger partial charge is 0.338 e. The predicted molar refractivity (Wildman–Crippen MR) is 561 cm³/mol. The average molecular weight is 2160 g/mol. The van der Waals surface area contributed by atoms with Gasteiger partial charge in [-0.05, 0) is 162 Å². The minimum absolute atomic E-state index is 0. The highest BCUT2D eigenvalue weighted by Gasteiger charge is 2.48. The number of methoxy groups -OCH3 is 4. The molecule has 4 fully saturated rings. The maximum Gasteiger partial charge on any atom is 0.338 e. The molecule has 0 amide bonds. The number of aliphatic hydroxyl groups is 3. The van der Waals surface area contributed by atoms with Crippen LogP contribution in [0.25, 0.3) is 0 Å². The summed E-state index contributed by atoms with van der Waals surface area (Å²) in [5, 5.41) is 38.9. The van der Waals surface area contributed by atoms with Crippen LogP contribution in [0.5, 0.6) is 23.0 Å². The maximum atomic E-state index is 13.0.